The summed E-state index contributed by atoms with van der Waals surface area (Å²) in [4.78, 5) is 49.4. The molecule has 0 aromatic heterocycles. The topological polar surface area (TPSA) is 111 Å². The molecular formula is C20H26N2O7. The molecule has 0 spiro atoms. The van der Waals surface area contributed by atoms with Gasteiger partial charge in [-0.05, 0) is 18.1 Å². The largest absolute Gasteiger partial charge is 0.482 e. The molecule has 0 radical (unpaired) electrons. The van der Waals surface area contributed by atoms with Crippen molar-refractivity contribution in [1.82, 2.24) is 5.32 Å². The molecule has 9 heteroatoms. The summed E-state index contributed by atoms with van der Waals surface area (Å²) in [5.74, 6) is -1.60. The highest BCUT2D eigenvalue weighted by molar-refractivity contribution is 5.98. The van der Waals surface area contributed by atoms with Crippen LogP contribution in [0.15, 0.2) is 24.3 Å². The molecule has 2 amide bonds. The summed E-state index contributed by atoms with van der Waals surface area (Å²) in [6.45, 7) is 3.19. The predicted molar refractivity (Wildman–Crippen MR) is 103 cm³/mol. The van der Waals surface area contributed by atoms with E-state index >= 15 is 0 Å². The first-order valence-corrected chi connectivity index (χ1v) is 9.42. The van der Waals surface area contributed by atoms with E-state index in [-0.39, 0.29) is 31.4 Å². The summed E-state index contributed by atoms with van der Waals surface area (Å²) in [5, 5.41) is 2.53. The van der Waals surface area contributed by atoms with Crippen LogP contribution in [0.1, 0.15) is 26.7 Å². The summed E-state index contributed by atoms with van der Waals surface area (Å²) in [6, 6.07) is 6.23. The SMILES string of the molecule is CC[C@@H](C)[C@@H](NC(=O)COC(=O)CCN1C(=O)COc2ccccc21)C(=O)OC. The van der Waals surface area contributed by atoms with Crippen LogP contribution in [-0.4, -0.2) is 56.7 Å². The molecule has 0 saturated carbocycles. The lowest BCUT2D eigenvalue weighted by Crippen LogP contribution is -2.47. The second-order valence-electron chi connectivity index (χ2n) is 6.67. The van der Waals surface area contributed by atoms with E-state index in [1.54, 1.807) is 24.3 Å². The number of hydrogen-bond donors (Lipinski definition) is 1. The molecule has 1 heterocycles. The number of anilines is 1. The van der Waals surface area contributed by atoms with E-state index in [4.69, 9.17) is 14.2 Å². The van der Waals surface area contributed by atoms with Crippen molar-refractivity contribution in [3.63, 3.8) is 0 Å². The molecule has 29 heavy (non-hydrogen) atoms. The predicted octanol–water partition coefficient (Wildman–Crippen LogP) is 1.05. The Kier molecular flexibility index (Phi) is 7.99. The molecule has 0 saturated heterocycles. The number of para-hydroxylation sites is 2. The summed E-state index contributed by atoms with van der Waals surface area (Å²) < 4.78 is 15.0. The Morgan fingerprint density at radius 3 is 2.69 bits per heavy atom. The van der Waals surface area contributed by atoms with Gasteiger partial charge in [0.2, 0.25) is 0 Å². The minimum absolute atomic E-state index is 0.0842. The Hall–Kier alpha value is -3.10. The van der Waals surface area contributed by atoms with Crippen molar-refractivity contribution in [3.8, 4) is 5.75 Å². The van der Waals surface area contributed by atoms with Crippen LogP contribution in [0.25, 0.3) is 0 Å². The molecule has 1 N–H and O–H groups in total. The number of carbonyl (C=O) groups is 4. The van der Waals surface area contributed by atoms with Gasteiger partial charge in [-0.15, -0.1) is 0 Å². The van der Waals surface area contributed by atoms with Gasteiger partial charge in [-0.25, -0.2) is 4.79 Å². The molecule has 0 fully saturated rings. The van der Waals surface area contributed by atoms with Crippen LogP contribution in [0.2, 0.25) is 0 Å². The Morgan fingerprint density at radius 2 is 2.00 bits per heavy atom. The summed E-state index contributed by atoms with van der Waals surface area (Å²) in [6.07, 6.45) is 0.577. The lowest BCUT2D eigenvalue weighted by atomic mass is 9.99. The monoisotopic (exact) mass is 406 g/mol. The lowest BCUT2D eigenvalue weighted by Gasteiger charge is -2.29. The highest BCUT2D eigenvalue weighted by Gasteiger charge is 2.28. The fraction of sp³-hybridized carbons (Fsp3) is 0.500. The van der Waals surface area contributed by atoms with Crippen molar-refractivity contribution in [3.05, 3.63) is 24.3 Å². The quantitative estimate of drug-likeness (QED) is 0.610. The first-order valence-electron chi connectivity index (χ1n) is 9.42. The number of carbonyl (C=O) groups excluding carboxylic acids is 4. The molecular weight excluding hydrogens is 380 g/mol. The van der Waals surface area contributed by atoms with Gasteiger partial charge in [0.25, 0.3) is 11.8 Å². The maximum atomic E-state index is 12.1. The van der Waals surface area contributed by atoms with Crippen LogP contribution in [-0.2, 0) is 28.7 Å². The molecule has 2 atom stereocenters. The third-order valence-electron chi connectivity index (χ3n) is 4.70. The molecule has 1 aromatic carbocycles. The van der Waals surface area contributed by atoms with Crippen molar-refractivity contribution in [2.24, 2.45) is 5.92 Å². The number of nitrogens with one attached hydrogen (secondary N) is 1. The smallest absolute Gasteiger partial charge is 0.328 e. The Morgan fingerprint density at radius 1 is 1.28 bits per heavy atom. The fourth-order valence-corrected chi connectivity index (χ4v) is 2.83. The fourth-order valence-electron chi connectivity index (χ4n) is 2.83. The van der Waals surface area contributed by atoms with Gasteiger partial charge in [-0.2, -0.15) is 0 Å². The number of rotatable bonds is 9. The average Bonchev–Trinajstić information content (AvgIpc) is 2.74. The highest BCUT2D eigenvalue weighted by Crippen LogP contribution is 2.31. The van der Waals surface area contributed by atoms with E-state index in [1.165, 1.54) is 12.0 Å². The maximum absolute atomic E-state index is 12.1. The first kappa shape index (κ1) is 22.2. The van der Waals surface area contributed by atoms with E-state index in [2.05, 4.69) is 5.32 Å². The number of methoxy groups -OCH3 is 1. The van der Waals surface area contributed by atoms with Crippen LogP contribution in [0.3, 0.4) is 0 Å². The molecule has 2 rings (SSSR count). The van der Waals surface area contributed by atoms with Crippen molar-refractivity contribution < 1.29 is 33.4 Å². The van der Waals surface area contributed by atoms with Crippen LogP contribution < -0.4 is 15.0 Å². The zero-order valence-electron chi connectivity index (χ0n) is 16.8. The third kappa shape index (κ3) is 5.94. The van der Waals surface area contributed by atoms with Crippen molar-refractivity contribution in [2.45, 2.75) is 32.7 Å². The molecule has 1 aliphatic rings. The minimum Gasteiger partial charge on any atom is -0.482 e. The second kappa shape index (κ2) is 10.4. The zero-order chi connectivity index (χ0) is 21.4. The van der Waals surface area contributed by atoms with Crippen LogP contribution >= 0.6 is 0 Å². The Bertz CT molecular complexity index is 765. The molecule has 1 aromatic rings. The number of nitrogens with zero attached hydrogens (tertiary/aromatic N) is 1. The first-order chi connectivity index (χ1) is 13.9. The second-order valence-corrected chi connectivity index (χ2v) is 6.67. The standard InChI is InChI=1S/C20H26N2O7/c1-4-13(2)19(20(26)27-3)21-16(23)11-29-18(25)9-10-22-14-7-5-6-8-15(14)28-12-17(22)24/h5-8,13,19H,4,9-12H2,1-3H3,(H,21,23)/t13-,19-/m1/s1. The van der Waals surface area contributed by atoms with Crippen molar-refractivity contribution in [2.75, 3.05) is 31.8 Å². The average molecular weight is 406 g/mol. The summed E-state index contributed by atoms with van der Waals surface area (Å²) >= 11 is 0. The minimum atomic E-state index is -0.807. The number of fused-ring (bicyclic) bond motifs is 1. The number of ether oxygens (including phenoxy) is 3. The molecule has 0 bridgehead atoms. The number of benzene rings is 1. The normalized spacial score (nSPS) is 14.9. The van der Waals surface area contributed by atoms with E-state index in [1.807, 2.05) is 13.8 Å². The van der Waals surface area contributed by atoms with Gasteiger partial charge in [0, 0.05) is 6.54 Å². The Balaban J connectivity index is 1.83. The summed E-state index contributed by atoms with van der Waals surface area (Å²) in [5.41, 5.74) is 0.587. The molecule has 1 aliphatic heterocycles. The van der Waals surface area contributed by atoms with E-state index in [0.29, 0.717) is 17.9 Å². The van der Waals surface area contributed by atoms with Crippen molar-refractivity contribution in [1.29, 1.82) is 0 Å². The zero-order valence-corrected chi connectivity index (χ0v) is 16.8. The van der Waals surface area contributed by atoms with Crippen molar-refractivity contribution >= 4 is 29.4 Å². The van der Waals surface area contributed by atoms with Crippen LogP contribution in [0.4, 0.5) is 5.69 Å². The van der Waals surface area contributed by atoms with Gasteiger partial charge in [-0.1, -0.05) is 32.4 Å². The van der Waals surface area contributed by atoms with E-state index in [0.717, 1.165) is 0 Å². The number of hydrogen-bond acceptors (Lipinski definition) is 7. The summed E-state index contributed by atoms with van der Waals surface area (Å²) in [7, 11) is 1.25. The molecule has 0 aliphatic carbocycles. The van der Waals surface area contributed by atoms with Gasteiger partial charge in [-0.3, -0.25) is 14.4 Å². The van der Waals surface area contributed by atoms with E-state index < -0.39 is 30.5 Å². The highest BCUT2D eigenvalue weighted by atomic mass is 16.5. The number of esters is 2. The van der Waals surface area contributed by atoms with Gasteiger partial charge in [0.1, 0.15) is 11.8 Å². The number of amides is 2. The van der Waals surface area contributed by atoms with Gasteiger partial charge in [0.15, 0.2) is 13.2 Å². The van der Waals surface area contributed by atoms with Gasteiger partial charge < -0.3 is 24.4 Å². The van der Waals surface area contributed by atoms with Gasteiger partial charge >= 0.3 is 11.9 Å². The molecule has 0 unspecified atom stereocenters. The Labute approximate surface area is 169 Å². The maximum Gasteiger partial charge on any atom is 0.328 e. The molecule has 9 nitrogen and oxygen atoms in total. The van der Waals surface area contributed by atoms with Crippen LogP contribution in [0.5, 0.6) is 5.75 Å². The van der Waals surface area contributed by atoms with Crippen LogP contribution in [0, 0.1) is 5.92 Å². The third-order valence-corrected chi connectivity index (χ3v) is 4.70. The van der Waals surface area contributed by atoms with Gasteiger partial charge in [0.05, 0.1) is 19.2 Å². The lowest BCUT2D eigenvalue weighted by molar-refractivity contribution is -0.150. The van der Waals surface area contributed by atoms with E-state index in [9.17, 15) is 19.2 Å². The molecule has 158 valence electrons.